The van der Waals surface area contributed by atoms with Crippen LogP contribution in [-0.4, -0.2) is 28.5 Å². The molecular formula is C14H10Cl2N2O3. The lowest BCUT2D eigenvalue weighted by Crippen LogP contribution is -2.35. The Morgan fingerprint density at radius 3 is 2.52 bits per heavy atom. The van der Waals surface area contributed by atoms with Crippen molar-refractivity contribution in [3.63, 3.8) is 0 Å². The number of aromatic nitrogens is 1. The molecule has 0 aliphatic rings. The Balaban J connectivity index is 2.38. The van der Waals surface area contributed by atoms with Crippen molar-refractivity contribution in [1.29, 1.82) is 0 Å². The Bertz CT molecular complexity index is 674. The van der Waals surface area contributed by atoms with E-state index in [0.717, 1.165) is 4.90 Å². The van der Waals surface area contributed by atoms with Crippen LogP contribution in [0.25, 0.3) is 0 Å². The second-order valence-corrected chi connectivity index (χ2v) is 4.96. The molecule has 1 aromatic heterocycles. The molecule has 0 fully saturated rings. The highest BCUT2D eigenvalue weighted by atomic mass is 35.5. The van der Waals surface area contributed by atoms with Crippen LogP contribution in [-0.2, 0) is 4.79 Å². The van der Waals surface area contributed by atoms with Crippen LogP contribution in [0, 0.1) is 0 Å². The van der Waals surface area contributed by atoms with E-state index in [2.05, 4.69) is 4.98 Å². The number of benzene rings is 1. The smallest absolute Gasteiger partial charge is 0.323 e. The Labute approximate surface area is 130 Å². The molecule has 2 aromatic rings. The number of halogens is 2. The van der Waals surface area contributed by atoms with E-state index in [1.807, 2.05) is 0 Å². The van der Waals surface area contributed by atoms with Crippen LogP contribution in [0.15, 0.2) is 42.6 Å². The van der Waals surface area contributed by atoms with E-state index < -0.39 is 18.4 Å². The quantitative estimate of drug-likeness (QED) is 0.877. The average molecular weight is 325 g/mol. The van der Waals surface area contributed by atoms with E-state index in [1.54, 1.807) is 18.2 Å². The molecular weight excluding hydrogens is 315 g/mol. The number of carbonyl (C=O) groups is 2. The first kappa shape index (κ1) is 15.3. The van der Waals surface area contributed by atoms with E-state index in [-0.39, 0.29) is 10.7 Å². The van der Waals surface area contributed by atoms with Gasteiger partial charge in [-0.05, 0) is 30.3 Å². The Morgan fingerprint density at radius 1 is 1.19 bits per heavy atom. The van der Waals surface area contributed by atoms with E-state index >= 15 is 0 Å². The number of anilines is 1. The number of carboxylic acid groups (broad SMARTS) is 1. The summed E-state index contributed by atoms with van der Waals surface area (Å²) in [4.78, 5) is 28.4. The lowest BCUT2D eigenvalue weighted by Gasteiger charge is -2.21. The molecule has 0 atom stereocenters. The summed E-state index contributed by atoms with van der Waals surface area (Å²) >= 11 is 11.6. The predicted octanol–water partition coefficient (Wildman–Crippen LogP) is 3.12. The first-order valence-electron chi connectivity index (χ1n) is 5.88. The Hall–Kier alpha value is -2.11. The van der Waals surface area contributed by atoms with Gasteiger partial charge in [-0.3, -0.25) is 14.5 Å². The number of carbonyl (C=O) groups excluding carboxylic acids is 1. The molecule has 5 nitrogen and oxygen atoms in total. The minimum Gasteiger partial charge on any atom is -0.480 e. The van der Waals surface area contributed by atoms with Crippen LogP contribution < -0.4 is 4.90 Å². The van der Waals surface area contributed by atoms with Gasteiger partial charge in [0.15, 0.2) is 0 Å². The summed E-state index contributed by atoms with van der Waals surface area (Å²) in [5.41, 5.74) is 0.630. The molecule has 2 rings (SSSR count). The predicted molar refractivity (Wildman–Crippen MR) is 80.0 cm³/mol. The van der Waals surface area contributed by atoms with Gasteiger partial charge in [0.2, 0.25) is 0 Å². The highest BCUT2D eigenvalue weighted by Gasteiger charge is 2.21. The number of rotatable bonds is 4. The van der Waals surface area contributed by atoms with Gasteiger partial charge in [-0.15, -0.1) is 0 Å². The maximum absolute atomic E-state index is 12.4. The SMILES string of the molecule is O=C(O)CN(C(=O)c1ccc(Cl)nc1)c1cccc(Cl)c1. The fourth-order valence-corrected chi connectivity index (χ4v) is 2.01. The summed E-state index contributed by atoms with van der Waals surface area (Å²) in [7, 11) is 0. The van der Waals surface area contributed by atoms with Gasteiger partial charge in [0, 0.05) is 16.9 Å². The highest BCUT2D eigenvalue weighted by Crippen LogP contribution is 2.21. The van der Waals surface area contributed by atoms with Crippen molar-refractivity contribution in [2.45, 2.75) is 0 Å². The first-order valence-corrected chi connectivity index (χ1v) is 6.64. The van der Waals surface area contributed by atoms with Crippen molar-refractivity contribution in [3.8, 4) is 0 Å². The molecule has 0 unspecified atom stereocenters. The fraction of sp³-hybridized carbons (Fsp3) is 0.0714. The number of pyridine rings is 1. The lowest BCUT2D eigenvalue weighted by atomic mass is 10.2. The van der Waals surface area contributed by atoms with Crippen molar-refractivity contribution < 1.29 is 14.7 Å². The zero-order chi connectivity index (χ0) is 15.4. The van der Waals surface area contributed by atoms with Gasteiger partial charge in [-0.1, -0.05) is 29.3 Å². The van der Waals surface area contributed by atoms with Crippen molar-refractivity contribution in [2.24, 2.45) is 0 Å². The summed E-state index contributed by atoms with van der Waals surface area (Å²) in [6.07, 6.45) is 1.30. The standard InChI is InChI=1S/C14H10Cl2N2O3/c15-10-2-1-3-11(6-10)18(8-13(19)20)14(21)9-4-5-12(16)17-7-9/h1-7H,8H2,(H,19,20). The van der Waals surface area contributed by atoms with Crippen molar-refractivity contribution in [1.82, 2.24) is 4.98 Å². The average Bonchev–Trinajstić information content (AvgIpc) is 2.44. The van der Waals surface area contributed by atoms with Gasteiger partial charge >= 0.3 is 5.97 Å². The molecule has 21 heavy (non-hydrogen) atoms. The fourth-order valence-electron chi connectivity index (χ4n) is 1.72. The topological polar surface area (TPSA) is 70.5 Å². The summed E-state index contributed by atoms with van der Waals surface area (Å²) in [6, 6.07) is 9.35. The molecule has 7 heteroatoms. The van der Waals surface area contributed by atoms with Crippen molar-refractivity contribution >= 4 is 40.8 Å². The molecule has 0 saturated heterocycles. The first-order chi connectivity index (χ1) is 9.97. The van der Waals surface area contributed by atoms with Crippen molar-refractivity contribution in [2.75, 3.05) is 11.4 Å². The van der Waals surface area contributed by atoms with E-state index in [9.17, 15) is 9.59 Å². The molecule has 0 spiro atoms. The largest absolute Gasteiger partial charge is 0.480 e. The summed E-state index contributed by atoms with van der Waals surface area (Å²) < 4.78 is 0. The van der Waals surface area contributed by atoms with Crippen LogP contribution >= 0.6 is 23.2 Å². The highest BCUT2D eigenvalue weighted by molar-refractivity contribution is 6.31. The lowest BCUT2D eigenvalue weighted by molar-refractivity contribution is -0.135. The van der Waals surface area contributed by atoms with Crippen LogP contribution in [0.1, 0.15) is 10.4 Å². The Morgan fingerprint density at radius 2 is 1.95 bits per heavy atom. The molecule has 1 amide bonds. The Kier molecular flexibility index (Phi) is 4.77. The number of nitrogens with zero attached hydrogens (tertiary/aromatic N) is 2. The summed E-state index contributed by atoms with van der Waals surface area (Å²) in [5.74, 6) is -1.63. The molecule has 0 aliphatic carbocycles. The normalized spacial score (nSPS) is 10.2. The van der Waals surface area contributed by atoms with Crippen LogP contribution in [0.5, 0.6) is 0 Å². The summed E-state index contributed by atoms with van der Waals surface area (Å²) in [6.45, 7) is -0.484. The second kappa shape index (κ2) is 6.56. The molecule has 1 heterocycles. The number of hydrogen-bond donors (Lipinski definition) is 1. The maximum atomic E-state index is 12.4. The van der Waals surface area contributed by atoms with Crippen LogP contribution in [0.3, 0.4) is 0 Å². The third kappa shape index (κ3) is 3.93. The minimum atomic E-state index is -1.13. The number of aliphatic carboxylic acids is 1. The van der Waals surface area contributed by atoms with Gasteiger partial charge in [-0.2, -0.15) is 0 Å². The van der Waals surface area contributed by atoms with Gasteiger partial charge < -0.3 is 5.11 Å². The van der Waals surface area contributed by atoms with E-state index in [4.69, 9.17) is 28.3 Å². The molecule has 0 bridgehead atoms. The maximum Gasteiger partial charge on any atom is 0.323 e. The van der Waals surface area contributed by atoms with Crippen LogP contribution in [0.2, 0.25) is 10.2 Å². The molecule has 1 aromatic carbocycles. The number of carboxylic acids is 1. The third-order valence-corrected chi connectivity index (χ3v) is 3.09. The molecule has 0 saturated carbocycles. The van der Waals surface area contributed by atoms with Gasteiger partial charge in [-0.25, -0.2) is 4.98 Å². The monoisotopic (exact) mass is 324 g/mol. The third-order valence-electron chi connectivity index (χ3n) is 2.63. The van der Waals surface area contributed by atoms with Gasteiger partial charge in [0.05, 0.1) is 5.56 Å². The molecule has 1 N–H and O–H groups in total. The number of hydrogen-bond acceptors (Lipinski definition) is 3. The van der Waals surface area contributed by atoms with Crippen LogP contribution in [0.4, 0.5) is 5.69 Å². The van der Waals surface area contributed by atoms with E-state index in [1.165, 1.54) is 24.4 Å². The number of amides is 1. The summed E-state index contributed by atoms with van der Waals surface area (Å²) in [5, 5.41) is 9.65. The molecule has 0 aliphatic heterocycles. The van der Waals surface area contributed by atoms with Crippen molar-refractivity contribution in [3.05, 3.63) is 58.3 Å². The molecule has 0 radical (unpaired) electrons. The minimum absolute atomic E-state index is 0.237. The van der Waals surface area contributed by atoms with Gasteiger partial charge in [0.1, 0.15) is 11.7 Å². The second-order valence-electron chi connectivity index (χ2n) is 4.13. The molecule has 108 valence electrons. The zero-order valence-electron chi connectivity index (χ0n) is 10.7. The van der Waals surface area contributed by atoms with Gasteiger partial charge in [0.25, 0.3) is 5.91 Å². The zero-order valence-corrected chi connectivity index (χ0v) is 12.2. The van der Waals surface area contributed by atoms with E-state index in [0.29, 0.717) is 10.7 Å².